The first-order valence-corrected chi connectivity index (χ1v) is 10.7. The summed E-state index contributed by atoms with van der Waals surface area (Å²) in [5.74, 6) is 0.467. The Morgan fingerprint density at radius 1 is 1.03 bits per heavy atom. The van der Waals surface area contributed by atoms with Crippen molar-refractivity contribution in [2.75, 3.05) is 13.1 Å². The van der Waals surface area contributed by atoms with E-state index in [2.05, 4.69) is 12.1 Å². The van der Waals surface area contributed by atoms with E-state index in [1.54, 1.807) is 24.0 Å². The molecule has 31 heavy (non-hydrogen) atoms. The van der Waals surface area contributed by atoms with Crippen LogP contribution in [0.2, 0.25) is 0 Å². The van der Waals surface area contributed by atoms with Crippen molar-refractivity contribution >= 4 is 5.91 Å². The van der Waals surface area contributed by atoms with Crippen molar-refractivity contribution in [2.45, 2.75) is 31.7 Å². The molecule has 6 nitrogen and oxygen atoms in total. The molecule has 0 spiro atoms. The molecule has 0 radical (unpaired) electrons. The molecule has 3 aromatic rings. The fourth-order valence-corrected chi connectivity index (χ4v) is 5.19. The van der Waals surface area contributed by atoms with Gasteiger partial charge in [0.15, 0.2) is 11.2 Å². The Kier molecular flexibility index (Phi) is 4.85. The van der Waals surface area contributed by atoms with Gasteiger partial charge in [0.1, 0.15) is 5.76 Å². The van der Waals surface area contributed by atoms with Crippen molar-refractivity contribution in [1.82, 2.24) is 9.47 Å². The first-order valence-electron chi connectivity index (χ1n) is 10.7. The molecule has 2 bridgehead atoms. The number of aryl methyl sites for hydroxylation is 1. The van der Waals surface area contributed by atoms with Crippen LogP contribution < -0.4 is 11.0 Å². The first-order chi connectivity index (χ1) is 15.0. The van der Waals surface area contributed by atoms with Gasteiger partial charge in [-0.3, -0.25) is 14.4 Å². The molecule has 5 rings (SSSR count). The maximum Gasteiger partial charge on any atom is 0.289 e. The number of rotatable bonds is 3. The summed E-state index contributed by atoms with van der Waals surface area (Å²) in [6, 6.07) is 18.2. The molecule has 2 aromatic heterocycles. The number of carbonyl (C=O) groups excluding carboxylic acids is 1. The van der Waals surface area contributed by atoms with Crippen LogP contribution in [-0.4, -0.2) is 28.5 Å². The number of piperidine rings is 1. The number of benzene rings is 1. The van der Waals surface area contributed by atoms with Crippen molar-refractivity contribution in [3.63, 3.8) is 0 Å². The Morgan fingerprint density at radius 2 is 1.84 bits per heavy atom. The molecule has 1 fully saturated rings. The van der Waals surface area contributed by atoms with Crippen LogP contribution in [0, 0.1) is 12.8 Å². The minimum atomic E-state index is -0.263. The van der Waals surface area contributed by atoms with Gasteiger partial charge in [-0.2, -0.15) is 0 Å². The Morgan fingerprint density at radius 3 is 2.61 bits per heavy atom. The number of hydrogen-bond acceptors (Lipinski definition) is 4. The third-order valence-electron chi connectivity index (χ3n) is 6.47. The van der Waals surface area contributed by atoms with Gasteiger partial charge in [-0.15, -0.1) is 0 Å². The largest absolute Gasteiger partial charge is 0.456 e. The highest BCUT2D eigenvalue weighted by Gasteiger charge is 2.42. The molecule has 1 aromatic carbocycles. The molecule has 0 unspecified atom stereocenters. The second-order valence-electron chi connectivity index (χ2n) is 8.59. The van der Waals surface area contributed by atoms with E-state index < -0.39 is 0 Å². The number of fused-ring (bicyclic) bond motifs is 4. The van der Waals surface area contributed by atoms with E-state index in [0.29, 0.717) is 18.8 Å². The van der Waals surface area contributed by atoms with Crippen LogP contribution in [0.1, 0.15) is 46.0 Å². The molecule has 2 aliphatic rings. The zero-order valence-corrected chi connectivity index (χ0v) is 17.4. The maximum absolute atomic E-state index is 13.2. The lowest BCUT2D eigenvalue weighted by Gasteiger charge is -2.47. The second kappa shape index (κ2) is 7.69. The van der Waals surface area contributed by atoms with E-state index in [-0.39, 0.29) is 40.5 Å². The highest BCUT2D eigenvalue weighted by molar-refractivity contribution is 5.91. The average Bonchev–Trinajstić information content (AvgIpc) is 2.76. The lowest BCUT2D eigenvalue weighted by Crippen LogP contribution is -2.51. The van der Waals surface area contributed by atoms with E-state index in [9.17, 15) is 14.4 Å². The van der Waals surface area contributed by atoms with E-state index in [1.807, 2.05) is 28.8 Å². The predicted molar refractivity (Wildman–Crippen MR) is 116 cm³/mol. The quantitative estimate of drug-likeness (QED) is 0.658. The highest BCUT2D eigenvalue weighted by Crippen LogP contribution is 2.42. The summed E-state index contributed by atoms with van der Waals surface area (Å²) in [5.41, 5.74) is 1.93. The Hall–Kier alpha value is -3.41. The van der Waals surface area contributed by atoms with Crippen LogP contribution in [0.4, 0.5) is 0 Å². The summed E-state index contributed by atoms with van der Waals surface area (Å²) in [4.78, 5) is 39.7. The molecule has 1 saturated heterocycles. The van der Waals surface area contributed by atoms with Crippen molar-refractivity contribution < 1.29 is 9.21 Å². The van der Waals surface area contributed by atoms with Crippen molar-refractivity contribution in [3.05, 3.63) is 104 Å². The minimum Gasteiger partial charge on any atom is -0.456 e. The molecule has 158 valence electrons. The SMILES string of the molecule is Cc1cc(=O)cc(C(=O)N2C[C@H]3C[C@@H](C2)[C@H](Cc2ccccc2)n2c3cccc2=O)o1. The standard InChI is InChI=1S/C25H24N2O4/c1-16-10-20(28)13-23(31-16)25(30)26-14-18-12-19(15-26)22(11-17-6-3-2-4-7-17)27-21(18)8-5-9-24(27)29/h2-10,13,18-19,22H,11-12,14-15H2,1H3/t18-,19+,22+/m1/s1. The third-order valence-corrected chi connectivity index (χ3v) is 6.47. The topological polar surface area (TPSA) is 72.5 Å². The van der Waals surface area contributed by atoms with Crippen LogP contribution in [0.25, 0.3) is 0 Å². The summed E-state index contributed by atoms with van der Waals surface area (Å²) in [5, 5.41) is 0. The van der Waals surface area contributed by atoms with E-state index >= 15 is 0 Å². The fraction of sp³-hybridized carbons (Fsp3) is 0.320. The zero-order valence-electron chi connectivity index (χ0n) is 17.4. The van der Waals surface area contributed by atoms with Gasteiger partial charge in [-0.25, -0.2) is 0 Å². The van der Waals surface area contributed by atoms with Gasteiger partial charge in [0, 0.05) is 48.9 Å². The summed E-state index contributed by atoms with van der Waals surface area (Å²) in [6.07, 6.45) is 1.67. The molecular weight excluding hydrogens is 392 g/mol. The van der Waals surface area contributed by atoms with Gasteiger partial charge in [-0.1, -0.05) is 36.4 Å². The van der Waals surface area contributed by atoms with E-state index in [0.717, 1.165) is 18.5 Å². The van der Waals surface area contributed by atoms with Crippen molar-refractivity contribution in [2.24, 2.45) is 5.92 Å². The Labute approximate surface area is 179 Å². The predicted octanol–water partition coefficient (Wildman–Crippen LogP) is 3.15. The van der Waals surface area contributed by atoms with Crippen LogP contribution >= 0.6 is 0 Å². The molecule has 2 aliphatic heterocycles. The zero-order chi connectivity index (χ0) is 21.5. The average molecular weight is 416 g/mol. The number of hydrogen-bond donors (Lipinski definition) is 0. The van der Waals surface area contributed by atoms with Gasteiger partial charge < -0.3 is 13.9 Å². The number of amides is 1. The van der Waals surface area contributed by atoms with E-state index in [4.69, 9.17) is 4.42 Å². The summed E-state index contributed by atoms with van der Waals surface area (Å²) < 4.78 is 7.50. The number of likely N-dealkylation sites (tertiary alicyclic amines) is 1. The summed E-state index contributed by atoms with van der Waals surface area (Å²) >= 11 is 0. The van der Waals surface area contributed by atoms with Gasteiger partial charge in [-0.05, 0) is 37.3 Å². The molecule has 0 aliphatic carbocycles. The van der Waals surface area contributed by atoms with Crippen LogP contribution in [-0.2, 0) is 6.42 Å². The highest BCUT2D eigenvalue weighted by atomic mass is 16.3. The molecule has 6 heteroatoms. The summed E-state index contributed by atoms with van der Waals surface area (Å²) in [6.45, 7) is 2.71. The smallest absolute Gasteiger partial charge is 0.289 e. The second-order valence-corrected chi connectivity index (χ2v) is 8.59. The summed E-state index contributed by atoms with van der Waals surface area (Å²) in [7, 11) is 0. The van der Waals surface area contributed by atoms with Gasteiger partial charge in [0.25, 0.3) is 11.5 Å². The maximum atomic E-state index is 13.2. The number of pyridine rings is 1. The van der Waals surface area contributed by atoms with Crippen molar-refractivity contribution in [1.29, 1.82) is 0 Å². The first kappa shape index (κ1) is 19.5. The van der Waals surface area contributed by atoms with Crippen molar-refractivity contribution in [3.8, 4) is 0 Å². The third kappa shape index (κ3) is 3.63. The minimum absolute atomic E-state index is 0.0117. The van der Waals surface area contributed by atoms with Crippen LogP contribution in [0.5, 0.6) is 0 Å². The lowest BCUT2D eigenvalue weighted by atomic mass is 9.76. The van der Waals surface area contributed by atoms with Gasteiger partial charge >= 0.3 is 0 Å². The van der Waals surface area contributed by atoms with Gasteiger partial charge in [0.2, 0.25) is 0 Å². The van der Waals surface area contributed by atoms with Gasteiger partial charge in [0.05, 0.1) is 0 Å². The Balaban J connectivity index is 1.52. The number of carbonyl (C=O) groups is 1. The molecular formula is C25H24N2O4. The van der Waals surface area contributed by atoms with Crippen LogP contribution in [0.3, 0.4) is 0 Å². The number of aromatic nitrogens is 1. The normalized spacial score (nSPS) is 22.1. The monoisotopic (exact) mass is 416 g/mol. The molecule has 0 N–H and O–H groups in total. The fourth-order valence-electron chi connectivity index (χ4n) is 5.19. The van der Waals surface area contributed by atoms with Crippen LogP contribution in [0.15, 0.2) is 74.7 Å². The molecule has 3 atom stereocenters. The lowest BCUT2D eigenvalue weighted by molar-refractivity contribution is 0.0496. The van der Waals surface area contributed by atoms with E-state index in [1.165, 1.54) is 17.7 Å². The Bertz CT molecular complexity index is 1240. The number of nitrogens with zero attached hydrogens (tertiary/aromatic N) is 2. The molecule has 0 saturated carbocycles. The molecule has 1 amide bonds. The molecule has 4 heterocycles.